The van der Waals surface area contributed by atoms with Gasteiger partial charge in [0.1, 0.15) is 5.69 Å². The number of hydrogen-bond donors (Lipinski definition) is 1. The Balaban J connectivity index is 2.23. The van der Waals surface area contributed by atoms with E-state index in [2.05, 4.69) is 48.4 Å². The lowest BCUT2D eigenvalue weighted by molar-refractivity contribution is 0.520. The number of unbranched alkanes of at least 4 members (excludes halogenated alkanes) is 2. The number of nitrogens with zero attached hydrogens (tertiary/aromatic N) is 3. The summed E-state index contributed by atoms with van der Waals surface area (Å²) in [5.41, 5.74) is 10.1. The van der Waals surface area contributed by atoms with Crippen LogP contribution in [0.2, 0.25) is 0 Å². The van der Waals surface area contributed by atoms with E-state index in [0.29, 0.717) is 6.54 Å². The van der Waals surface area contributed by atoms with Gasteiger partial charge in [0, 0.05) is 18.7 Å². The largest absolute Gasteiger partial charge is 0.325 e. The van der Waals surface area contributed by atoms with Crippen LogP contribution < -0.4 is 5.73 Å². The zero-order chi connectivity index (χ0) is 13.7. The molecule has 1 aromatic heterocycles. The molecule has 102 valence electrons. The van der Waals surface area contributed by atoms with Gasteiger partial charge in [-0.05, 0) is 13.3 Å². The van der Waals surface area contributed by atoms with Crippen molar-refractivity contribution in [2.24, 2.45) is 5.73 Å². The first kappa shape index (κ1) is 13.7. The molecule has 0 aliphatic heterocycles. The van der Waals surface area contributed by atoms with Crippen LogP contribution in [0.15, 0.2) is 24.3 Å². The van der Waals surface area contributed by atoms with Crippen LogP contribution in [0.3, 0.4) is 0 Å². The minimum atomic E-state index is 0.475. The molecule has 0 amide bonds. The molecule has 2 aromatic rings. The van der Waals surface area contributed by atoms with Crippen LogP contribution in [-0.2, 0) is 13.1 Å². The Morgan fingerprint density at radius 2 is 1.89 bits per heavy atom. The third-order valence-corrected chi connectivity index (χ3v) is 3.33. The highest BCUT2D eigenvalue weighted by Crippen LogP contribution is 2.21. The lowest BCUT2D eigenvalue weighted by atomic mass is 10.1. The van der Waals surface area contributed by atoms with Gasteiger partial charge in [-0.1, -0.05) is 54.8 Å². The van der Waals surface area contributed by atoms with Crippen molar-refractivity contribution in [2.45, 2.75) is 46.2 Å². The van der Waals surface area contributed by atoms with E-state index in [1.165, 1.54) is 18.4 Å². The Labute approximate surface area is 114 Å². The average Bonchev–Trinajstić information content (AvgIpc) is 2.83. The predicted octanol–water partition coefficient (Wildman–Crippen LogP) is 2.90. The Morgan fingerprint density at radius 3 is 2.53 bits per heavy atom. The summed E-state index contributed by atoms with van der Waals surface area (Å²) in [5.74, 6) is 0. The van der Waals surface area contributed by atoms with Crippen molar-refractivity contribution >= 4 is 0 Å². The van der Waals surface area contributed by atoms with Crippen LogP contribution in [0.4, 0.5) is 0 Å². The minimum absolute atomic E-state index is 0.475. The molecule has 0 aliphatic rings. The average molecular weight is 258 g/mol. The maximum Gasteiger partial charge on any atom is 0.117 e. The summed E-state index contributed by atoms with van der Waals surface area (Å²) in [6.45, 7) is 5.65. The Kier molecular flexibility index (Phi) is 4.68. The molecule has 0 aliphatic carbocycles. The van der Waals surface area contributed by atoms with Gasteiger partial charge in [-0.2, -0.15) is 0 Å². The van der Waals surface area contributed by atoms with Crippen molar-refractivity contribution in [2.75, 3.05) is 0 Å². The quantitative estimate of drug-likeness (QED) is 0.810. The van der Waals surface area contributed by atoms with Gasteiger partial charge in [0.2, 0.25) is 0 Å². The third kappa shape index (κ3) is 3.20. The standard InChI is InChI=1S/C15H22N4/c1-3-4-5-10-19-14(11-16)15(17-18-19)13-8-6-12(2)7-9-13/h6-9H,3-5,10-11,16H2,1-2H3. The maximum atomic E-state index is 5.87. The van der Waals surface area contributed by atoms with E-state index >= 15 is 0 Å². The summed E-state index contributed by atoms with van der Waals surface area (Å²) >= 11 is 0. The number of benzene rings is 1. The van der Waals surface area contributed by atoms with Crippen LogP contribution >= 0.6 is 0 Å². The number of aromatic nitrogens is 3. The van der Waals surface area contributed by atoms with Gasteiger partial charge >= 0.3 is 0 Å². The molecule has 2 rings (SSSR count). The smallest absolute Gasteiger partial charge is 0.117 e. The molecule has 4 heteroatoms. The number of hydrogen-bond acceptors (Lipinski definition) is 3. The van der Waals surface area contributed by atoms with Gasteiger partial charge in [-0.25, -0.2) is 4.68 Å². The second kappa shape index (κ2) is 6.48. The first-order chi connectivity index (χ1) is 9.26. The van der Waals surface area contributed by atoms with Crippen LogP contribution in [0, 0.1) is 6.92 Å². The van der Waals surface area contributed by atoms with Gasteiger partial charge in [0.05, 0.1) is 5.69 Å². The monoisotopic (exact) mass is 258 g/mol. The predicted molar refractivity (Wildman–Crippen MR) is 77.6 cm³/mol. The highest BCUT2D eigenvalue weighted by atomic mass is 15.4. The lowest BCUT2D eigenvalue weighted by Crippen LogP contribution is -2.10. The summed E-state index contributed by atoms with van der Waals surface area (Å²) in [6, 6.07) is 8.33. The van der Waals surface area contributed by atoms with E-state index in [-0.39, 0.29) is 0 Å². The molecule has 0 fully saturated rings. The molecule has 19 heavy (non-hydrogen) atoms. The van der Waals surface area contributed by atoms with E-state index in [9.17, 15) is 0 Å². The van der Waals surface area contributed by atoms with Crippen molar-refractivity contribution in [1.29, 1.82) is 0 Å². The maximum absolute atomic E-state index is 5.87. The molecule has 1 heterocycles. The molecule has 0 spiro atoms. The van der Waals surface area contributed by atoms with E-state index in [1.807, 2.05) is 4.68 Å². The number of rotatable bonds is 6. The van der Waals surface area contributed by atoms with Crippen LogP contribution in [0.25, 0.3) is 11.3 Å². The Hall–Kier alpha value is -1.68. The molecule has 1 aromatic carbocycles. The van der Waals surface area contributed by atoms with E-state index in [1.54, 1.807) is 0 Å². The van der Waals surface area contributed by atoms with Gasteiger partial charge in [0.25, 0.3) is 0 Å². The van der Waals surface area contributed by atoms with Gasteiger partial charge < -0.3 is 5.73 Å². The van der Waals surface area contributed by atoms with Crippen LogP contribution in [0.5, 0.6) is 0 Å². The highest BCUT2D eigenvalue weighted by Gasteiger charge is 2.12. The highest BCUT2D eigenvalue weighted by molar-refractivity contribution is 5.61. The van der Waals surface area contributed by atoms with E-state index < -0.39 is 0 Å². The molecular weight excluding hydrogens is 236 g/mol. The SMILES string of the molecule is CCCCCn1nnc(-c2ccc(C)cc2)c1CN. The van der Waals surface area contributed by atoms with Crippen molar-refractivity contribution in [3.63, 3.8) is 0 Å². The number of aryl methyl sites for hydroxylation is 2. The molecule has 0 radical (unpaired) electrons. The second-order valence-corrected chi connectivity index (χ2v) is 4.89. The fraction of sp³-hybridized carbons (Fsp3) is 0.467. The summed E-state index contributed by atoms with van der Waals surface area (Å²) in [4.78, 5) is 0. The summed E-state index contributed by atoms with van der Waals surface area (Å²) in [6.07, 6.45) is 3.54. The van der Waals surface area contributed by atoms with Crippen molar-refractivity contribution in [1.82, 2.24) is 15.0 Å². The summed E-state index contributed by atoms with van der Waals surface area (Å²) in [7, 11) is 0. The molecule has 0 saturated heterocycles. The lowest BCUT2D eigenvalue weighted by Gasteiger charge is -2.06. The fourth-order valence-corrected chi connectivity index (χ4v) is 2.16. The Bertz CT molecular complexity index is 513. The van der Waals surface area contributed by atoms with Gasteiger partial charge in [0.15, 0.2) is 0 Å². The molecule has 0 atom stereocenters. The fourth-order valence-electron chi connectivity index (χ4n) is 2.16. The summed E-state index contributed by atoms with van der Waals surface area (Å²) < 4.78 is 1.95. The summed E-state index contributed by atoms with van der Waals surface area (Å²) in [5, 5.41) is 8.54. The number of nitrogens with two attached hydrogens (primary N) is 1. The molecule has 0 saturated carbocycles. The molecular formula is C15H22N4. The van der Waals surface area contributed by atoms with Gasteiger partial charge in [-0.3, -0.25) is 0 Å². The first-order valence-electron chi connectivity index (χ1n) is 6.95. The third-order valence-electron chi connectivity index (χ3n) is 3.33. The topological polar surface area (TPSA) is 56.7 Å². The Morgan fingerprint density at radius 1 is 1.16 bits per heavy atom. The first-order valence-corrected chi connectivity index (χ1v) is 6.95. The van der Waals surface area contributed by atoms with E-state index in [4.69, 9.17) is 5.73 Å². The van der Waals surface area contributed by atoms with E-state index in [0.717, 1.165) is 29.9 Å². The van der Waals surface area contributed by atoms with Crippen molar-refractivity contribution in [3.8, 4) is 11.3 Å². The minimum Gasteiger partial charge on any atom is -0.325 e. The second-order valence-electron chi connectivity index (χ2n) is 4.89. The van der Waals surface area contributed by atoms with Crippen LogP contribution in [0.1, 0.15) is 37.4 Å². The molecule has 0 unspecified atom stereocenters. The molecule has 4 nitrogen and oxygen atoms in total. The van der Waals surface area contributed by atoms with Crippen LogP contribution in [-0.4, -0.2) is 15.0 Å². The zero-order valence-electron chi connectivity index (χ0n) is 11.8. The van der Waals surface area contributed by atoms with Crippen molar-refractivity contribution in [3.05, 3.63) is 35.5 Å². The van der Waals surface area contributed by atoms with Crippen molar-refractivity contribution < 1.29 is 0 Å². The zero-order valence-corrected chi connectivity index (χ0v) is 11.8. The molecule has 2 N–H and O–H groups in total. The normalized spacial score (nSPS) is 10.9. The molecule has 0 bridgehead atoms. The van der Waals surface area contributed by atoms with Gasteiger partial charge in [-0.15, -0.1) is 5.10 Å².